The number of pyridine rings is 1. The van der Waals surface area contributed by atoms with Crippen LogP contribution in [0.5, 0.6) is 5.75 Å². The van der Waals surface area contributed by atoms with E-state index in [1.807, 2.05) is 28.8 Å². The molecule has 1 aliphatic rings. The van der Waals surface area contributed by atoms with Gasteiger partial charge in [-0.05, 0) is 30.5 Å². The van der Waals surface area contributed by atoms with E-state index in [0.717, 1.165) is 30.3 Å². The van der Waals surface area contributed by atoms with Crippen molar-refractivity contribution in [3.8, 4) is 17.1 Å². The molecule has 34 heavy (non-hydrogen) atoms. The molecular formula is C24H25ClN6O3. The molecule has 0 unspecified atom stereocenters. The molecule has 0 radical (unpaired) electrons. The minimum atomic E-state index is -0.206. The molecule has 1 atom stereocenters. The number of imidazole rings is 1. The third-order valence-electron chi connectivity index (χ3n) is 6.30. The summed E-state index contributed by atoms with van der Waals surface area (Å²) in [6.07, 6.45) is 7.10. The van der Waals surface area contributed by atoms with Crippen molar-refractivity contribution in [3.63, 3.8) is 0 Å². The smallest absolute Gasteiger partial charge is 0.253 e. The summed E-state index contributed by atoms with van der Waals surface area (Å²) in [5.74, 6) is 1.73. The second-order valence-electron chi connectivity index (χ2n) is 8.39. The predicted octanol–water partition coefficient (Wildman–Crippen LogP) is 2.86. The van der Waals surface area contributed by atoms with E-state index < -0.39 is 0 Å². The zero-order valence-corrected chi connectivity index (χ0v) is 19.7. The number of rotatable bonds is 6. The third-order valence-corrected chi connectivity index (χ3v) is 6.59. The molecule has 1 N–H and O–H groups in total. The summed E-state index contributed by atoms with van der Waals surface area (Å²) >= 11 is 6.33. The van der Waals surface area contributed by atoms with Crippen LogP contribution in [0.2, 0.25) is 5.02 Å². The van der Waals surface area contributed by atoms with Gasteiger partial charge in [-0.2, -0.15) is 4.98 Å². The molecule has 1 aromatic carbocycles. The van der Waals surface area contributed by atoms with Crippen LogP contribution in [0.3, 0.4) is 0 Å². The van der Waals surface area contributed by atoms with Crippen LogP contribution in [-0.2, 0) is 13.6 Å². The van der Waals surface area contributed by atoms with Crippen LogP contribution in [0.4, 0.5) is 5.95 Å². The van der Waals surface area contributed by atoms with Gasteiger partial charge in [0.05, 0.1) is 31.3 Å². The maximum Gasteiger partial charge on any atom is 0.253 e. The lowest BCUT2D eigenvalue weighted by molar-refractivity contribution is 0.265. The molecule has 4 aromatic rings. The predicted molar refractivity (Wildman–Crippen MR) is 131 cm³/mol. The average Bonchev–Trinajstić information content (AvgIpc) is 3.49. The fourth-order valence-corrected chi connectivity index (χ4v) is 4.80. The summed E-state index contributed by atoms with van der Waals surface area (Å²) in [6, 6.07) is 6.99. The van der Waals surface area contributed by atoms with E-state index >= 15 is 0 Å². The number of nitrogens with zero attached hydrogens (tertiary/aromatic N) is 6. The standard InChI is InChI=1S/C24H25ClN6O3/c1-29-9-7-26-22(29)17-11-21(33)31(13-15-5-6-20(34-2)19(25)10-15)23-18(17)12-27-24(28-23)30-8-3-4-16(30)14-32/h5-7,9-12,16,32H,3-4,8,13-14H2,1-2H3/t16-/m0/s1. The quantitative estimate of drug-likeness (QED) is 0.453. The first-order valence-electron chi connectivity index (χ1n) is 11.1. The molecule has 0 amide bonds. The Bertz CT molecular complexity index is 1420. The van der Waals surface area contributed by atoms with Gasteiger partial charge in [0, 0.05) is 49.2 Å². The lowest BCUT2D eigenvalue weighted by atomic mass is 10.1. The molecule has 4 heterocycles. The Hall–Kier alpha value is -3.43. The summed E-state index contributed by atoms with van der Waals surface area (Å²) in [7, 11) is 3.44. The number of benzene rings is 1. The summed E-state index contributed by atoms with van der Waals surface area (Å²) in [6.45, 7) is 1.07. The molecule has 176 valence electrons. The normalized spacial score (nSPS) is 15.9. The highest BCUT2D eigenvalue weighted by molar-refractivity contribution is 6.32. The van der Waals surface area contributed by atoms with E-state index in [1.54, 1.807) is 42.3 Å². The number of methoxy groups -OCH3 is 1. The Morgan fingerprint density at radius 2 is 2.12 bits per heavy atom. The fraction of sp³-hybridized carbons (Fsp3) is 0.333. The minimum Gasteiger partial charge on any atom is -0.495 e. The van der Waals surface area contributed by atoms with Gasteiger partial charge in [-0.15, -0.1) is 0 Å². The second kappa shape index (κ2) is 9.08. The van der Waals surface area contributed by atoms with E-state index in [1.165, 1.54) is 0 Å². The van der Waals surface area contributed by atoms with E-state index in [4.69, 9.17) is 21.3 Å². The number of aryl methyl sites for hydroxylation is 1. The molecule has 0 bridgehead atoms. The lowest BCUT2D eigenvalue weighted by Gasteiger charge is -2.23. The number of anilines is 1. The molecule has 1 saturated heterocycles. The number of hydrogen-bond donors (Lipinski definition) is 1. The topological polar surface area (TPSA) is 98.3 Å². The molecule has 9 nitrogen and oxygen atoms in total. The number of aliphatic hydroxyl groups excluding tert-OH is 1. The van der Waals surface area contributed by atoms with Gasteiger partial charge in [0.15, 0.2) is 0 Å². The number of fused-ring (bicyclic) bond motifs is 1. The van der Waals surface area contributed by atoms with E-state index in [0.29, 0.717) is 33.8 Å². The van der Waals surface area contributed by atoms with Crippen molar-refractivity contribution in [2.45, 2.75) is 25.4 Å². The number of ether oxygens (including phenoxy) is 1. The summed E-state index contributed by atoms with van der Waals surface area (Å²) in [5.41, 5.74) is 1.81. The number of aromatic nitrogens is 5. The molecule has 0 spiro atoms. The third kappa shape index (κ3) is 3.91. The van der Waals surface area contributed by atoms with Crippen LogP contribution in [-0.4, -0.2) is 55.5 Å². The van der Waals surface area contributed by atoms with Crippen molar-refractivity contribution < 1.29 is 9.84 Å². The Kier molecular flexibility index (Phi) is 5.97. The number of hydrogen-bond acceptors (Lipinski definition) is 7. The first-order valence-corrected chi connectivity index (χ1v) is 11.5. The van der Waals surface area contributed by atoms with Gasteiger partial charge in [-0.25, -0.2) is 9.97 Å². The molecule has 0 aliphatic carbocycles. The van der Waals surface area contributed by atoms with E-state index in [9.17, 15) is 9.90 Å². The van der Waals surface area contributed by atoms with Crippen molar-refractivity contribution in [1.29, 1.82) is 0 Å². The van der Waals surface area contributed by atoms with Gasteiger partial charge in [-0.3, -0.25) is 9.36 Å². The highest BCUT2D eigenvalue weighted by Gasteiger charge is 2.27. The van der Waals surface area contributed by atoms with E-state index in [2.05, 4.69) is 9.97 Å². The van der Waals surface area contributed by atoms with Gasteiger partial charge in [-0.1, -0.05) is 17.7 Å². The van der Waals surface area contributed by atoms with Gasteiger partial charge < -0.3 is 19.3 Å². The van der Waals surface area contributed by atoms with Crippen LogP contribution in [0.15, 0.2) is 47.7 Å². The Morgan fingerprint density at radius 3 is 2.82 bits per heavy atom. The molecule has 0 saturated carbocycles. The fourth-order valence-electron chi connectivity index (χ4n) is 4.52. The zero-order chi connectivity index (χ0) is 23.8. The molecule has 1 fully saturated rings. The van der Waals surface area contributed by atoms with Gasteiger partial charge in [0.25, 0.3) is 5.56 Å². The summed E-state index contributed by atoms with van der Waals surface area (Å²) in [4.78, 5) is 29.3. The number of aliphatic hydroxyl groups is 1. The van der Waals surface area contributed by atoms with Crippen molar-refractivity contribution in [2.24, 2.45) is 7.05 Å². The average molecular weight is 481 g/mol. The van der Waals surface area contributed by atoms with Crippen LogP contribution in [0.25, 0.3) is 22.4 Å². The number of halogens is 1. The van der Waals surface area contributed by atoms with Crippen LogP contribution in [0.1, 0.15) is 18.4 Å². The van der Waals surface area contributed by atoms with Crippen LogP contribution < -0.4 is 15.2 Å². The Balaban J connectivity index is 1.69. The molecular weight excluding hydrogens is 456 g/mol. The van der Waals surface area contributed by atoms with Crippen molar-refractivity contribution >= 4 is 28.6 Å². The summed E-state index contributed by atoms with van der Waals surface area (Å²) in [5, 5.41) is 11.0. The summed E-state index contributed by atoms with van der Waals surface area (Å²) < 4.78 is 8.73. The van der Waals surface area contributed by atoms with Crippen molar-refractivity contribution in [1.82, 2.24) is 24.1 Å². The van der Waals surface area contributed by atoms with Gasteiger partial charge >= 0.3 is 0 Å². The maximum absolute atomic E-state index is 13.4. The molecule has 3 aromatic heterocycles. The Labute approximate surface area is 201 Å². The van der Waals surface area contributed by atoms with Gasteiger partial charge in [0.2, 0.25) is 5.95 Å². The van der Waals surface area contributed by atoms with Crippen LogP contribution in [0, 0.1) is 0 Å². The molecule has 5 rings (SSSR count). The highest BCUT2D eigenvalue weighted by atomic mass is 35.5. The Morgan fingerprint density at radius 1 is 1.26 bits per heavy atom. The van der Waals surface area contributed by atoms with E-state index in [-0.39, 0.29) is 24.8 Å². The monoisotopic (exact) mass is 480 g/mol. The zero-order valence-electron chi connectivity index (χ0n) is 19.0. The lowest BCUT2D eigenvalue weighted by Crippen LogP contribution is -2.33. The maximum atomic E-state index is 13.4. The van der Waals surface area contributed by atoms with Crippen molar-refractivity contribution in [3.05, 3.63) is 63.8 Å². The largest absolute Gasteiger partial charge is 0.495 e. The van der Waals surface area contributed by atoms with Crippen LogP contribution >= 0.6 is 11.6 Å². The SMILES string of the molecule is COc1ccc(Cn2c(=O)cc(-c3nccn3C)c3cnc(N4CCC[C@H]4CO)nc32)cc1Cl. The first-order chi connectivity index (χ1) is 16.5. The van der Waals surface area contributed by atoms with Gasteiger partial charge in [0.1, 0.15) is 17.2 Å². The molecule has 1 aliphatic heterocycles. The van der Waals surface area contributed by atoms with Crippen molar-refractivity contribution in [2.75, 3.05) is 25.2 Å². The second-order valence-corrected chi connectivity index (χ2v) is 8.80. The molecule has 10 heteroatoms. The highest BCUT2D eigenvalue weighted by Crippen LogP contribution is 2.29. The first kappa shape index (κ1) is 22.4. The minimum absolute atomic E-state index is 0.0317.